The van der Waals surface area contributed by atoms with Gasteiger partial charge in [0.15, 0.2) is 5.58 Å². The van der Waals surface area contributed by atoms with Crippen molar-refractivity contribution < 1.29 is 14.0 Å². The van der Waals surface area contributed by atoms with Crippen molar-refractivity contribution in [2.24, 2.45) is 0 Å². The second kappa shape index (κ2) is 4.18. The second-order valence-corrected chi connectivity index (χ2v) is 2.34. The van der Waals surface area contributed by atoms with E-state index in [0.29, 0.717) is 0 Å². The minimum absolute atomic E-state index is 0.250. The van der Waals surface area contributed by atoms with Crippen molar-refractivity contribution in [3.05, 3.63) is 30.2 Å². The summed E-state index contributed by atoms with van der Waals surface area (Å²) in [5.74, 6) is 0. The number of nitrogens with zero attached hydrogens (tertiary/aromatic N) is 1. The maximum atomic E-state index is 8.12. The molecule has 66 valence electrons. The lowest BCUT2D eigenvalue weighted by Gasteiger charge is -1.88. The average molecular weight is 177 g/mol. The highest BCUT2D eigenvalue weighted by atomic mass is 16.3. The monoisotopic (exact) mass is 177 g/mol. The van der Waals surface area contributed by atoms with Crippen LogP contribution >= 0.6 is 0 Å². The number of fused-ring (bicyclic) bond motifs is 1. The van der Waals surface area contributed by atoms with Crippen LogP contribution in [0, 0.1) is 6.92 Å². The van der Waals surface area contributed by atoms with Gasteiger partial charge >= 0.3 is 6.15 Å². The Morgan fingerprint density at radius 2 is 2.00 bits per heavy atom. The number of furan rings is 1. The van der Waals surface area contributed by atoms with E-state index in [0.717, 1.165) is 16.8 Å². The molecule has 13 heavy (non-hydrogen) atoms. The molecule has 0 atom stereocenters. The molecule has 0 saturated heterocycles. The Bertz CT molecular complexity index is 427. The van der Waals surface area contributed by atoms with E-state index in [9.17, 15) is 0 Å². The molecular weight excluding hydrogens is 170 g/mol. The van der Waals surface area contributed by atoms with Crippen LogP contribution in [0.3, 0.4) is 0 Å². The highest BCUT2D eigenvalue weighted by molar-refractivity contribution is 5.71. The van der Waals surface area contributed by atoms with Crippen molar-refractivity contribution in [3.63, 3.8) is 0 Å². The van der Waals surface area contributed by atoms with Crippen LogP contribution in [-0.2, 0) is 9.59 Å². The van der Waals surface area contributed by atoms with E-state index in [1.54, 1.807) is 6.26 Å². The molecular formula is C9H7NO3. The lowest BCUT2D eigenvalue weighted by Crippen LogP contribution is -1.76. The topological polar surface area (TPSA) is 60.2 Å². The summed E-state index contributed by atoms with van der Waals surface area (Å²) in [4.78, 5) is 20.5. The quantitative estimate of drug-likeness (QED) is 0.612. The molecule has 0 bridgehead atoms. The fraction of sp³-hybridized carbons (Fsp3) is 0.111. The Hall–Kier alpha value is -1.93. The highest BCUT2D eigenvalue weighted by Gasteiger charge is 1.95. The third-order valence-corrected chi connectivity index (χ3v) is 1.45. The van der Waals surface area contributed by atoms with Crippen LogP contribution in [0.5, 0.6) is 0 Å². The fourth-order valence-electron chi connectivity index (χ4n) is 0.955. The maximum Gasteiger partial charge on any atom is 0.373 e. The molecule has 0 fully saturated rings. The van der Waals surface area contributed by atoms with Crippen molar-refractivity contribution in [3.8, 4) is 0 Å². The molecule has 4 heteroatoms. The number of aryl methyl sites for hydroxylation is 1. The highest BCUT2D eigenvalue weighted by Crippen LogP contribution is 2.11. The SMILES string of the molecule is Cc1ccc2occc2n1.O=C=O. The summed E-state index contributed by atoms with van der Waals surface area (Å²) in [6.07, 6.45) is 1.90. The molecule has 0 saturated carbocycles. The van der Waals surface area contributed by atoms with Gasteiger partial charge in [-0.3, -0.25) is 0 Å². The molecule has 4 nitrogen and oxygen atoms in total. The number of rotatable bonds is 0. The van der Waals surface area contributed by atoms with Gasteiger partial charge in [0.2, 0.25) is 0 Å². The van der Waals surface area contributed by atoms with E-state index in [2.05, 4.69) is 4.98 Å². The molecule has 2 rings (SSSR count). The number of hydrogen-bond donors (Lipinski definition) is 0. The van der Waals surface area contributed by atoms with Crippen LogP contribution in [0.4, 0.5) is 0 Å². The standard InChI is InChI=1S/C8H7NO.CO2/c1-6-2-3-8-7(9-6)4-5-10-8;2-1-3/h2-5H,1H3;. The molecule has 0 aromatic carbocycles. The molecule has 0 aliphatic carbocycles. The Balaban J connectivity index is 0.000000251. The van der Waals surface area contributed by atoms with Crippen molar-refractivity contribution in [2.45, 2.75) is 6.92 Å². The van der Waals surface area contributed by atoms with Crippen molar-refractivity contribution in [1.29, 1.82) is 0 Å². The third kappa shape index (κ3) is 2.25. The van der Waals surface area contributed by atoms with Crippen LogP contribution in [0.25, 0.3) is 11.1 Å². The second-order valence-electron chi connectivity index (χ2n) is 2.34. The minimum Gasteiger partial charge on any atom is -0.463 e. The van der Waals surface area contributed by atoms with Gasteiger partial charge in [-0.1, -0.05) is 0 Å². The molecule has 0 amide bonds. The van der Waals surface area contributed by atoms with Gasteiger partial charge in [0.1, 0.15) is 5.52 Å². The summed E-state index contributed by atoms with van der Waals surface area (Å²) < 4.78 is 5.11. The Kier molecular flexibility index (Phi) is 2.95. The number of aromatic nitrogens is 1. The third-order valence-electron chi connectivity index (χ3n) is 1.45. The fourth-order valence-corrected chi connectivity index (χ4v) is 0.955. The molecule has 0 unspecified atom stereocenters. The van der Waals surface area contributed by atoms with Gasteiger partial charge in [-0.05, 0) is 19.1 Å². The van der Waals surface area contributed by atoms with Crippen molar-refractivity contribution in [2.75, 3.05) is 0 Å². The predicted octanol–water partition coefficient (Wildman–Crippen LogP) is 1.55. The van der Waals surface area contributed by atoms with Gasteiger partial charge < -0.3 is 4.42 Å². The van der Waals surface area contributed by atoms with Crippen LogP contribution in [0.15, 0.2) is 28.9 Å². The first kappa shape index (κ1) is 9.16. The van der Waals surface area contributed by atoms with Gasteiger partial charge in [-0.15, -0.1) is 0 Å². The summed E-state index contributed by atoms with van der Waals surface area (Å²) in [6.45, 7) is 1.96. The summed E-state index contributed by atoms with van der Waals surface area (Å²) in [6, 6.07) is 5.73. The zero-order chi connectivity index (χ0) is 9.68. The molecule has 0 N–H and O–H groups in total. The molecule has 0 aliphatic rings. The van der Waals surface area contributed by atoms with E-state index >= 15 is 0 Å². The van der Waals surface area contributed by atoms with E-state index in [-0.39, 0.29) is 6.15 Å². The zero-order valence-corrected chi connectivity index (χ0v) is 6.98. The van der Waals surface area contributed by atoms with Gasteiger partial charge in [0.05, 0.1) is 6.26 Å². The molecule has 0 radical (unpaired) electrons. The van der Waals surface area contributed by atoms with Gasteiger partial charge in [-0.25, -0.2) is 4.98 Å². The minimum atomic E-state index is 0.250. The van der Waals surface area contributed by atoms with Gasteiger partial charge in [-0.2, -0.15) is 9.59 Å². The van der Waals surface area contributed by atoms with Crippen molar-refractivity contribution >= 4 is 17.3 Å². The Morgan fingerprint density at radius 3 is 2.69 bits per heavy atom. The average Bonchev–Trinajstić information content (AvgIpc) is 2.52. The molecule has 2 heterocycles. The Morgan fingerprint density at radius 1 is 1.31 bits per heavy atom. The van der Waals surface area contributed by atoms with E-state index in [4.69, 9.17) is 14.0 Å². The van der Waals surface area contributed by atoms with E-state index in [1.807, 2.05) is 25.1 Å². The normalized spacial score (nSPS) is 8.69. The summed E-state index contributed by atoms with van der Waals surface area (Å²) in [7, 11) is 0. The van der Waals surface area contributed by atoms with Crippen molar-refractivity contribution in [1.82, 2.24) is 4.98 Å². The smallest absolute Gasteiger partial charge is 0.373 e. The van der Waals surface area contributed by atoms with Gasteiger partial charge in [0.25, 0.3) is 0 Å². The molecule has 2 aromatic heterocycles. The zero-order valence-electron chi connectivity index (χ0n) is 6.98. The van der Waals surface area contributed by atoms with Crippen LogP contribution in [0.1, 0.15) is 5.69 Å². The lowest BCUT2D eigenvalue weighted by molar-refractivity contribution is -0.191. The van der Waals surface area contributed by atoms with Gasteiger partial charge in [0, 0.05) is 11.8 Å². The number of pyridine rings is 1. The van der Waals surface area contributed by atoms with E-state index < -0.39 is 0 Å². The largest absolute Gasteiger partial charge is 0.463 e. The molecule has 0 spiro atoms. The summed E-state index contributed by atoms with van der Waals surface area (Å²) >= 11 is 0. The molecule has 2 aromatic rings. The maximum absolute atomic E-state index is 8.12. The van der Waals surface area contributed by atoms with Crippen LogP contribution in [-0.4, -0.2) is 11.1 Å². The first-order chi connectivity index (χ1) is 6.27. The summed E-state index contributed by atoms with van der Waals surface area (Å²) in [5, 5.41) is 0. The van der Waals surface area contributed by atoms with E-state index in [1.165, 1.54) is 0 Å². The first-order valence-electron chi connectivity index (χ1n) is 3.58. The first-order valence-corrected chi connectivity index (χ1v) is 3.58. The van der Waals surface area contributed by atoms with Crippen LogP contribution < -0.4 is 0 Å². The number of hydrogen-bond acceptors (Lipinski definition) is 4. The van der Waals surface area contributed by atoms with Crippen LogP contribution in [0.2, 0.25) is 0 Å². The Labute approximate surface area is 74.2 Å². The molecule has 0 aliphatic heterocycles. The number of carbonyl (C=O) groups excluding carboxylic acids is 2. The lowest BCUT2D eigenvalue weighted by atomic mass is 10.3. The summed E-state index contributed by atoms with van der Waals surface area (Å²) in [5.41, 5.74) is 2.81. The predicted molar refractivity (Wildman–Crippen MR) is 43.8 cm³/mol.